The topological polar surface area (TPSA) is 70.1 Å². The van der Waals surface area contributed by atoms with Crippen molar-refractivity contribution in [3.63, 3.8) is 0 Å². The van der Waals surface area contributed by atoms with Crippen molar-refractivity contribution in [2.75, 3.05) is 33.3 Å². The quantitative estimate of drug-likeness (QED) is 0.309. The Bertz CT molecular complexity index is 999. The molecule has 1 fully saturated rings. The summed E-state index contributed by atoms with van der Waals surface area (Å²) in [7, 11) is 1.56. The molecule has 0 bridgehead atoms. The molecule has 1 N–H and O–H groups in total. The van der Waals surface area contributed by atoms with Gasteiger partial charge >= 0.3 is 0 Å². The number of ketones is 1. The highest BCUT2D eigenvalue weighted by Crippen LogP contribution is 2.40. The van der Waals surface area contributed by atoms with Crippen molar-refractivity contribution in [3.05, 3.63) is 69.7 Å². The number of carbonyl (C=O) groups is 2. The number of likely N-dealkylation sites (tertiary alicyclic amines) is 1. The first kappa shape index (κ1) is 24.0. The van der Waals surface area contributed by atoms with Gasteiger partial charge in [0.1, 0.15) is 11.5 Å². The summed E-state index contributed by atoms with van der Waals surface area (Å²) in [5.41, 5.74) is 1.35. The first-order valence-electron chi connectivity index (χ1n) is 10.8. The van der Waals surface area contributed by atoms with Crippen LogP contribution in [-0.4, -0.2) is 59.9 Å². The number of Topliss-reactive ketones (excluding diaryl/α,β-unsaturated/α-hetero) is 1. The molecule has 1 aliphatic heterocycles. The summed E-state index contributed by atoms with van der Waals surface area (Å²) in [5, 5.41) is 11.1. The van der Waals surface area contributed by atoms with Crippen molar-refractivity contribution in [1.29, 1.82) is 0 Å². The Kier molecular flexibility index (Phi) is 8.10. The van der Waals surface area contributed by atoms with Crippen LogP contribution >= 0.6 is 15.9 Å². The van der Waals surface area contributed by atoms with Crippen molar-refractivity contribution >= 4 is 33.4 Å². The van der Waals surface area contributed by atoms with E-state index in [1.54, 1.807) is 36.3 Å². The van der Waals surface area contributed by atoms with E-state index in [9.17, 15) is 14.7 Å². The zero-order chi connectivity index (χ0) is 23.3. The minimum absolute atomic E-state index is 0.112. The Morgan fingerprint density at radius 2 is 1.81 bits per heavy atom. The highest BCUT2D eigenvalue weighted by atomic mass is 79.9. The van der Waals surface area contributed by atoms with E-state index in [-0.39, 0.29) is 11.3 Å². The van der Waals surface area contributed by atoms with E-state index >= 15 is 0 Å². The van der Waals surface area contributed by atoms with Gasteiger partial charge in [0, 0.05) is 16.6 Å². The fourth-order valence-electron chi connectivity index (χ4n) is 4.04. The molecule has 0 spiro atoms. The molecule has 0 saturated carbocycles. The predicted molar refractivity (Wildman–Crippen MR) is 129 cm³/mol. The van der Waals surface area contributed by atoms with Gasteiger partial charge in [0.15, 0.2) is 0 Å². The van der Waals surface area contributed by atoms with Crippen LogP contribution in [0.25, 0.3) is 5.76 Å². The lowest BCUT2D eigenvalue weighted by Gasteiger charge is -2.27. The maximum Gasteiger partial charge on any atom is 0.295 e. The Balaban J connectivity index is 2.02. The fourth-order valence-corrected chi connectivity index (χ4v) is 4.46. The molecular formula is C25H29BrN2O4. The highest BCUT2D eigenvalue weighted by Gasteiger charge is 2.45. The zero-order valence-corrected chi connectivity index (χ0v) is 20.3. The van der Waals surface area contributed by atoms with E-state index in [0.717, 1.165) is 36.1 Å². The molecule has 2 aromatic carbocycles. The van der Waals surface area contributed by atoms with Gasteiger partial charge < -0.3 is 19.6 Å². The van der Waals surface area contributed by atoms with E-state index in [1.165, 1.54) is 0 Å². The van der Waals surface area contributed by atoms with Gasteiger partial charge in [-0.1, -0.05) is 41.9 Å². The first-order valence-corrected chi connectivity index (χ1v) is 11.6. The lowest BCUT2D eigenvalue weighted by Crippen LogP contribution is -2.33. The van der Waals surface area contributed by atoms with Crippen LogP contribution in [0.15, 0.2) is 58.6 Å². The fraction of sp³-hybridized carbons (Fsp3) is 0.360. The van der Waals surface area contributed by atoms with Gasteiger partial charge in [-0.25, -0.2) is 0 Å². The predicted octanol–water partition coefficient (Wildman–Crippen LogP) is 4.61. The Morgan fingerprint density at radius 1 is 1.12 bits per heavy atom. The smallest absolute Gasteiger partial charge is 0.295 e. The summed E-state index contributed by atoms with van der Waals surface area (Å²) in [6.45, 7) is 7.33. The van der Waals surface area contributed by atoms with Crippen LogP contribution in [0.4, 0.5) is 0 Å². The molecule has 1 amide bonds. The lowest BCUT2D eigenvalue weighted by molar-refractivity contribution is -0.140. The van der Waals surface area contributed by atoms with Crippen molar-refractivity contribution in [1.82, 2.24) is 9.80 Å². The molecule has 1 heterocycles. The van der Waals surface area contributed by atoms with Gasteiger partial charge in [-0.15, -0.1) is 0 Å². The number of hydrogen-bond donors (Lipinski definition) is 1. The van der Waals surface area contributed by atoms with E-state index < -0.39 is 17.7 Å². The summed E-state index contributed by atoms with van der Waals surface area (Å²) in [4.78, 5) is 30.0. The highest BCUT2D eigenvalue weighted by molar-refractivity contribution is 9.10. The number of hydrogen-bond acceptors (Lipinski definition) is 5. The number of halogens is 1. The number of ether oxygens (including phenoxy) is 1. The Hall–Kier alpha value is -2.64. The minimum Gasteiger partial charge on any atom is -0.507 e. The van der Waals surface area contributed by atoms with Crippen LogP contribution in [0.2, 0.25) is 0 Å². The molecule has 1 atom stereocenters. The minimum atomic E-state index is -0.661. The first-order chi connectivity index (χ1) is 15.4. The second-order valence-corrected chi connectivity index (χ2v) is 8.57. The van der Waals surface area contributed by atoms with Crippen LogP contribution in [-0.2, 0) is 9.59 Å². The molecule has 0 aliphatic carbocycles. The molecular weight excluding hydrogens is 472 g/mol. The van der Waals surface area contributed by atoms with Gasteiger partial charge in [-0.2, -0.15) is 0 Å². The molecule has 6 nitrogen and oxygen atoms in total. The third-order valence-corrected chi connectivity index (χ3v) is 6.33. The van der Waals surface area contributed by atoms with Crippen LogP contribution in [0.3, 0.4) is 0 Å². The Labute approximate surface area is 197 Å². The number of methoxy groups -OCH3 is 1. The number of rotatable bonds is 9. The van der Waals surface area contributed by atoms with E-state index in [4.69, 9.17) is 4.74 Å². The van der Waals surface area contributed by atoms with E-state index in [1.807, 2.05) is 24.3 Å². The summed E-state index contributed by atoms with van der Waals surface area (Å²) >= 11 is 3.48. The molecule has 0 aromatic heterocycles. The normalized spacial score (nSPS) is 17.9. The van der Waals surface area contributed by atoms with Crippen LogP contribution in [0, 0.1) is 0 Å². The Morgan fingerprint density at radius 3 is 2.41 bits per heavy atom. The number of carbonyl (C=O) groups excluding carboxylic acids is 2. The number of aliphatic hydroxyl groups is 1. The second-order valence-electron chi connectivity index (χ2n) is 7.66. The van der Waals surface area contributed by atoms with Crippen LogP contribution < -0.4 is 4.74 Å². The summed E-state index contributed by atoms with van der Waals surface area (Å²) < 4.78 is 6.02. The molecule has 2 aromatic rings. The van der Waals surface area contributed by atoms with Gasteiger partial charge in [-0.3, -0.25) is 9.59 Å². The number of aliphatic hydroxyl groups excluding tert-OH is 1. The van der Waals surface area contributed by atoms with Crippen molar-refractivity contribution in [3.8, 4) is 5.75 Å². The molecule has 170 valence electrons. The van der Waals surface area contributed by atoms with Crippen LogP contribution in [0.5, 0.6) is 5.75 Å². The van der Waals surface area contributed by atoms with Gasteiger partial charge in [0.25, 0.3) is 11.7 Å². The standard InChI is InChI=1S/C25H29BrN2O4/c1-4-27(5-2)14-7-15-28-22(18-8-6-9-19(26)16-18)21(24(30)25(28)31)23(29)17-10-12-20(32-3)13-11-17/h6,8-13,16,22,29H,4-5,7,14-15H2,1-3H3. The average Bonchev–Trinajstić information content (AvgIpc) is 3.06. The molecule has 32 heavy (non-hydrogen) atoms. The SMILES string of the molecule is CCN(CC)CCCN1C(=O)C(=O)C(=C(O)c2ccc(OC)cc2)C1c1cccc(Br)c1. The van der Waals surface area contributed by atoms with Gasteiger partial charge in [0.2, 0.25) is 0 Å². The molecule has 1 saturated heterocycles. The summed E-state index contributed by atoms with van der Waals surface area (Å²) in [5.74, 6) is -0.778. The van der Waals surface area contributed by atoms with Gasteiger partial charge in [-0.05, 0) is 68.0 Å². The molecule has 0 radical (unpaired) electrons. The molecule has 3 rings (SSSR count). The summed E-state index contributed by atoms with van der Waals surface area (Å²) in [6, 6.07) is 13.6. The average molecular weight is 501 g/mol. The second kappa shape index (κ2) is 10.8. The maximum absolute atomic E-state index is 13.1. The summed E-state index contributed by atoms with van der Waals surface area (Å²) in [6.07, 6.45) is 0.738. The molecule has 1 aliphatic rings. The van der Waals surface area contributed by atoms with Crippen molar-refractivity contribution in [2.24, 2.45) is 0 Å². The van der Waals surface area contributed by atoms with Crippen molar-refractivity contribution < 1.29 is 19.4 Å². The van der Waals surface area contributed by atoms with E-state index in [0.29, 0.717) is 17.9 Å². The maximum atomic E-state index is 13.1. The number of benzene rings is 2. The zero-order valence-electron chi connectivity index (χ0n) is 18.7. The molecule has 7 heteroatoms. The monoisotopic (exact) mass is 500 g/mol. The largest absolute Gasteiger partial charge is 0.507 e. The van der Waals surface area contributed by atoms with Crippen LogP contribution in [0.1, 0.15) is 37.4 Å². The number of nitrogens with zero attached hydrogens (tertiary/aromatic N) is 2. The third-order valence-electron chi connectivity index (χ3n) is 5.84. The van der Waals surface area contributed by atoms with E-state index in [2.05, 4.69) is 34.7 Å². The third kappa shape index (κ3) is 5.05. The van der Waals surface area contributed by atoms with Crippen molar-refractivity contribution in [2.45, 2.75) is 26.3 Å². The number of amides is 1. The lowest BCUT2D eigenvalue weighted by atomic mass is 9.95. The molecule has 1 unspecified atom stereocenters. The van der Waals surface area contributed by atoms with Gasteiger partial charge in [0.05, 0.1) is 18.7 Å².